The molecular formula is C40H35Cl2N3O10S. The first-order valence-corrected chi connectivity index (χ1v) is 18.6. The number of hydrogen-bond acceptors (Lipinski definition) is 11. The summed E-state index contributed by atoms with van der Waals surface area (Å²) in [5, 5.41) is 40.0. The molecule has 6 N–H and O–H groups in total. The van der Waals surface area contributed by atoms with E-state index < -0.39 is 17.5 Å². The highest BCUT2D eigenvalue weighted by Crippen LogP contribution is 2.58. The largest absolute Gasteiger partial charge is 0.508 e. The Balaban J connectivity index is 0.819. The average Bonchev–Trinajstić information content (AvgIpc) is 3.44. The second-order valence-corrected chi connectivity index (χ2v) is 14.0. The van der Waals surface area contributed by atoms with Crippen LogP contribution in [0.4, 0.5) is 11.4 Å². The third-order valence-electron chi connectivity index (χ3n) is 9.15. The summed E-state index contributed by atoms with van der Waals surface area (Å²) in [6.07, 6.45) is 4.08. The predicted octanol–water partition coefficient (Wildman–Crippen LogP) is 6.95. The fourth-order valence-electron chi connectivity index (χ4n) is 6.71. The minimum atomic E-state index is -1.31. The van der Waals surface area contributed by atoms with Gasteiger partial charge in [-0.1, -0.05) is 47.5 Å². The number of fused-ring (bicyclic) bond motifs is 5. The number of carboxylic acids is 1. The van der Waals surface area contributed by atoms with Gasteiger partial charge in [0.15, 0.2) is 16.5 Å². The molecule has 0 fully saturated rings. The second-order valence-electron chi connectivity index (χ2n) is 12.8. The van der Waals surface area contributed by atoms with Gasteiger partial charge in [0, 0.05) is 53.1 Å². The molecule has 16 heteroatoms. The van der Waals surface area contributed by atoms with E-state index in [1.54, 1.807) is 42.5 Å². The smallest absolute Gasteiger partial charge is 0.337 e. The van der Waals surface area contributed by atoms with Gasteiger partial charge < -0.3 is 55.0 Å². The van der Waals surface area contributed by atoms with E-state index in [0.717, 1.165) is 0 Å². The van der Waals surface area contributed by atoms with Crippen LogP contribution in [-0.2, 0) is 24.6 Å². The maximum Gasteiger partial charge on any atom is 0.337 e. The van der Waals surface area contributed by atoms with Crippen molar-refractivity contribution in [2.45, 2.75) is 18.1 Å². The number of aromatic hydroxyl groups is 2. The fourth-order valence-corrected chi connectivity index (χ4v) is 7.56. The van der Waals surface area contributed by atoms with Crippen molar-refractivity contribution in [1.82, 2.24) is 10.6 Å². The quantitative estimate of drug-likeness (QED) is 0.0438. The van der Waals surface area contributed by atoms with Crippen LogP contribution in [0.25, 0.3) is 0 Å². The molecule has 4 aromatic carbocycles. The molecule has 0 amide bonds. The lowest BCUT2D eigenvalue weighted by atomic mass is 9.75. The zero-order valence-electron chi connectivity index (χ0n) is 29.5. The van der Waals surface area contributed by atoms with E-state index in [1.165, 1.54) is 30.3 Å². The molecule has 0 aromatic heterocycles. The van der Waals surface area contributed by atoms with Crippen molar-refractivity contribution in [2.24, 2.45) is 0 Å². The average molecular weight is 821 g/mol. The number of carbonyl (C=O) groups is 2. The lowest BCUT2D eigenvalue weighted by Crippen LogP contribution is -2.43. The van der Waals surface area contributed by atoms with Gasteiger partial charge in [-0.3, -0.25) is 0 Å². The summed E-state index contributed by atoms with van der Waals surface area (Å²) in [4.78, 5) is 24.9. The number of phenolic OH excluding ortho intramolecular Hbond substituents is 2. The number of phenols is 2. The third-order valence-corrected chi connectivity index (χ3v) is 9.98. The first kappa shape index (κ1) is 38.8. The number of nitrogens with one attached hydrogen (secondary N) is 3. The highest BCUT2D eigenvalue weighted by Gasteiger charge is 2.55. The number of rotatable bonds is 14. The number of carbonyl (C=O) groups excluding carboxylic acids is 1. The van der Waals surface area contributed by atoms with Gasteiger partial charge >= 0.3 is 11.9 Å². The van der Waals surface area contributed by atoms with E-state index in [4.69, 9.17) is 59.1 Å². The minimum Gasteiger partial charge on any atom is -0.508 e. The molecule has 2 aliphatic heterocycles. The van der Waals surface area contributed by atoms with Crippen molar-refractivity contribution < 1.29 is 48.6 Å². The SMILES string of the molecule is O=C1OC2(C3=C1CC(NC(=S)NCCOCCOCCOc1c(Cl)cc(Nc4ccccc4C(=O)O)cc1Cl)C=C3)c1ccc(O)cc1Oc1cc(O)ccc12. The summed E-state index contributed by atoms with van der Waals surface area (Å²) in [6.45, 7) is 1.90. The van der Waals surface area contributed by atoms with Gasteiger partial charge in [-0.25, -0.2) is 9.59 Å². The summed E-state index contributed by atoms with van der Waals surface area (Å²) in [7, 11) is 0. The molecule has 3 aliphatic rings. The number of esters is 1. The van der Waals surface area contributed by atoms with Gasteiger partial charge in [-0.05, 0) is 60.7 Å². The van der Waals surface area contributed by atoms with E-state index >= 15 is 0 Å². The van der Waals surface area contributed by atoms with Crippen molar-refractivity contribution in [1.29, 1.82) is 0 Å². The topological polar surface area (TPSA) is 177 Å². The van der Waals surface area contributed by atoms with Crippen LogP contribution in [0.15, 0.2) is 96.1 Å². The summed E-state index contributed by atoms with van der Waals surface area (Å²) in [6, 6.07) is 18.7. The Bertz CT molecular complexity index is 2190. The van der Waals surface area contributed by atoms with Gasteiger partial charge in [-0.15, -0.1) is 0 Å². The number of aromatic carboxylic acids is 1. The second kappa shape index (κ2) is 16.7. The standard InChI is InChI=1S/C40H35Cl2N3O10S/c41-31-18-23(44-33-4-2-1-3-26(33)37(48)49)19-32(42)36(31)53-16-15-52-14-13-51-12-11-43-39(56)45-22-5-8-28-27(17-22)38(50)55-40(28)29-9-6-24(46)20-34(29)54-35-21-25(47)7-10-30(35)40/h1-10,18-22,44,46-47H,11-17H2,(H,48,49)(H2,43,45,56). The maximum atomic E-state index is 13.4. The number of ether oxygens (including phenoxy) is 5. The molecule has 0 radical (unpaired) electrons. The van der Waals surface area contributed by atoms with Crippen molar-refractivity contribution in [3.8, 4) is 28.7 Å². The monoisotopic (exact) mass is 819 g/mol. The number of carboxylic acid groups (broad SMARTS) is 1. The summed E-state index contributed by atoms with van der Waals surface area (Å²) < 4.78 is 29.1. The van der Waals surface area contributed by atoms with Crippen LogP contribution in [0, 0.1) is 0 Å². The molecule has 1 unspecified atom stereocenters. The molecule has 7 rings (SSSR count). The molecule has 1 spiro atoms. The Hall–Kier alpha value is -5.51. The summed E-state index contributed by atoms with van der Waals surface area (Å²) >= 11 is 18.3. The first-order chi connectivity index (χ1) is 27.0. The van der Waals surface area contributed by atoms with Crippen LogP contribution in [0.1, 0.15) is 27.9 Å². The molecule has 13 nitrogen and oxygen atoms in total. The lowest BCUT2D eigenvalue weighted by Gasteiger charge is -2.37. The lowest BCUT2D eigenvalue weighted by molar-refractivity contribution is -0.145. The Kier molecular flexibility index (Phi) is 11.6. The van der Waals surface area contributed by atoms with Crippen LogP contribution in [0.3, 0.4) is 0 Å². The van der Waals surface area contributed by atoms with Gasteiger partial charge in [0.1, 0.15) is 29.6 Å². The van der Waals surface area contributed by atoms with Gasteiger partial charge in [0.25, 0.3) is 0 Å². The Morgan fingerprint density at radius 2 is 1.54 bits per heavy atom. The normalized spacial score (nSPS) is 16.0. The van der Waals surface area contributed by atoms with Gasteiger partial charge in [-0.2, -0.15) is 0 Å². The highest BCUT2D eigenvalue weighted by atomic mass is 35.5. The van der Waals surface area contributed by atoms with E-state index in [2.05, 4.69) is 16.0 Å². The van der Waals surface area contributed by atoms with E-state index in [0.29, 0.717) is 83.0 Å². The number of hydrogen-bond donors (Lipinski definition) is 6. The number of halogens is 2. The number of anilines is 2. The Morgan fingerprint density at radius 3 is 2.21 bits per heavy atom. The first-order valence-electron chi connectivity index (χ1n) is 17.4. The van der Waals surface area contributed by atoms with Crippen LogP contribution in [0.2, 0.25) is 10.0 Å². The van der Waals surface area contributed by atoms with Crippen molar-refractivity contribution in [3.63, 3.8) is 0 Å². The van der Waals surface area contributed by atoms with Crippen LogP contribution >= 0.6 is 35.4 Å². The molecule has 290 valence electrons. The van der Waals surface area contributed by atoms with Gasteiger partial charge in [0.05, 0.1) is 53.8 Å². The molecular weight excluding hydrogens is 785 g/mol. The van der Waals surface area contributed by atoms with Crippen LogP contribution in [-0.4, -0.2) is 78.0 Å². The van der Waals surface area contributed by atoms with E-state index in [9.17, 15) is 24.9 Å². The molecule has 0 saturated heterocycles. The molecule has 1 atom stereocenters. The molecule has 1 aliphatic carbocycles. The predicted molar refractivity (Wildman–Crippen MR) is 212 cm³/mol. The number of benzene rings is 4. The van der Waals surface area contributed by atoms with E-state index in [1.807, 2.05) is 12.2 Å². The number of para-hydroxylation sites is 1. The zero-order chi connectivity index (χ0) is 39.4. The minimum absolute atomic E-state index is 0.0121. The number of thiocarbonyl (C=S) groups is 1. The molecule has 2 heterocycles. The van der Waals surface area contributed by atoms with Gasteiger partial charge in [0.2, 0.25) is 0 Å². The fraction of sp³-hybridized carbons (Fsp3) is 0.225. The molecule has 0 bridgehead atoms. The Labute approximate surface area is 336 Å². The van der Waals surface area contributed by atoms with Crippen molar-refractivity contribution in [3.05, 3.63) is 123 Å². The maximum absolute atomic E-state index is 13.4. The Morgan fingerprint density at radius 1 is 0.893 bits per heavy atom. The molecule has 4 aromatic rings. The highest BCUT2D eigenvalue weighted by molar-refractivity contribution is 7.80. The molecule has 56 heavy (non-hydrogen) atoms. The molecule has 0 saturated carbocycles. The third kappa shape index (κ3) is 8.06. The van der Waals surface area contributed by atoms with Crippen molar-refractivity contribution in [2.75, 3.05) is 44.9 Å². The summed E-state index contributed by atoms with van der Waals surface area (Å²) in [5.41, 5.74) is 1.98. The van der Waals surface area contributed by atoms with Crippen LogP contribution < -0.4 is 25.4 Å². The van der Waals surface area contributed by atoms with Crippen LogP contribution in [0.5, 0.6) is 28.7 Å². The summed E-state index contributed by atoms with van der Waals surface area (Å²) in [5.74, 6) is -0.640. The zero-order valence-corrected chi connectivity index (χ0v) is 31.8. The van der Waals surface area contributed by atoms with E-state index in [-0.39, 0.29) is 52.1 Å². The van der Waals surface area contributed by atoms with Crippen molar-refractivity contribution >= 4 is 63.8 Å².